The summed E-state index contributed by atoms with van der Waals surface area (Å²) in [5.74, 6) is 2.76. The van der Waals surface area contributed by atoms with Crippen LogP contribution in [0.25, 0.3) is 0 Å². The van der Waals surface area contributed by atoms with Crippen molar-refractivity contribution in [1.29, 1.82) is 0 Å². The van der Waals surface area contributed by atoms with Gasteiger partial charge in [0.1, 0.15) is 12.7 Å². The average Bonchev–Trinajstić information content (AvgIpc) is 3.05. The second-order valence-electron chi connectivity index (χ2n) is 8.89. The summed E-state index contributed by atoms with van der Waals surface area (Å²) in [6.07, 6.45) is 6.59. The lowest BCUT2D eigenvalue weighted by molar-refractivity contribution is -0.0427. The van der Waals surface area contributed by atoms with Crippen molar-refractivity contribution in [2.75, 3.05) is 13.6 Å². The summed E-state index contributed by atoms with van der Waals surface area (Å²) in [5.41, 5.74) is 4.47. The van der Waals surface area contributed by atoms with E-state index in [0.29, 0.717) is 18.8 Å². The summed E-state index contributed by atoms with van der Waals surface area (Å²) >= 11 is 0. The third kappa shape index (κ3) is 2.12. The van der Waals surface area contributed by atoms with Crippen LogP contribution in [0.15, 0.2) is 42.5 Å². The molecule has 1 saturated carbocycles. The molecule has 0 N–H and O–H groups in total. The van der Waals surface area contributed by atoms with Crippen molar-refractivity contribution in [3.8, 4) is 11.5 Å². The fourth-order valence-corrected chi connectivity index (χ4v) is 6.55. The largest absolute Gasteiger partial charge is 0.485 e. The minimum absolute atomic E-state index is 0.241. The van der Waals surface area contributed by atoms with Crippen LogP contribution in [0.1, 0.15) is 42.4 Å². The summed E-state index contributed by atoms with van der Waals surface area (Å²) in [4.78, 5) is 2.61. The van der Waals surface area contributed by atoms with E-state index in [4.69, 9.17) is 9.47 Å². The van der Waals surface area contributed by atoms with Crippen LogP contribution in [0.3, 0.4) is 0 Å². The van der Waals surface area contributed by atoms with Crippen molar-refractivity contribution in [3.63, 3.8) is 0 Å². The van der Waals surface area contributed by atoms with Crippen LogP contribution >= 0.6 is 0 Å². The Labute approximate surface area is 161 Å². The molecule has 2 aliphatic carbocycles. The molecule has 140 valence electrons. The fraction of sp³-hybridized carbons (Fsp3) is 0.500. The van der Waals surface area contributed by atoms with Crippen molar-refractivity contribution >= 4 is 0 Å². The molecule has 6 rings (SSSR count). The van der Waals surface area contributed by atoms with Crippen molar-refractivity contribution in [3.05, 3.63) is 59.2 Å². The first-order chi connectivity index (χ1) is 13.3. The number of ether oxygens (including phenoxy) is 2. The van der Waals surface area contributed by atoms with Gasteiger partial charge >= 0.3 is 0 Å². The number of hydrogen-bond acceptors (Lipinski definition) is 3. The number of hydrogen-bond donors (Lipinski definition) is 0. The third-order valence-electron chi connectivity index (χ3n) is 7.73. The molecule has 2 heterocycles. The zero-order valence-electron chi connectivity index (χ0n) is 16.0. The molecule has 1 saturated heterocycles. The molecule has 0 radical (unpaired) electrons. The van der Waals surface area contributed by atoms with E-state index in [1.54, 1.807) is 0 Å². The number of likely N-dealkylation sites (N-methyl/N-ethyl adjacent to an activating group) is 1. The van der Waals surface area contributed by atoms with Crippen LogP contribution in [0, 0.1) is 5.92 Å². The van der Waals surface area contributed by atoms with Gasteiger partial charge in [-0.25, -0.2) is 0 Å². The smallest absolute Gasteiger partial charge is 0.165 e. The Morgan fingerprint density at radius 3 is 2.93 bits per heavy atom. The molecule has 2 bridgehead atoms. The highest BCUT2D eigenvalue weighted by Crippen LogP contribution is 2.63. The predicted molar refractivity (Wildman–Crippen MR) is 105 cm³/mol. The van der Waals surface area contributed by atoms with Gasteiger partial charge in [-0.05, 0) is 68.8 Å². The van der Waals surface area contributed by atoms with E-state index in [0.717, 1.165) is 17.4 Å². The van der Waals surface area contributed by atoms with E-state index in [1.807, 2.05) is 6.07 Å². The van der Waals surface area contributed by atoms with Crippen LogP contribution in [-0.4, -0.2) is 30.6 Å². The topological polar surface area (TPSA) is 21.7 Å². The summed E-state index contributed by atoms with van der Waals surface area (Å²) in [5, 5.41) is 0. The minimum Gasteiger partial charge on any atom is -0.485 e. The minimum atomic E-state index is 0.241. The molecule has 2 aromatic rings. The van der Waals surface area contributed by atoms with Gasteiger partial charge in [-0.15, -0.1) is 0 Å². The second-order valence-corrected chi connectivity index (χ2v) is 8.89. The SMILES string of the molecule is CN1CC[C@]23c4c5ccc(OCc6ccccc6)c4O[C@H]2CCC[C@H]3[C@H]1C5. The van der Waals surface area contributed by atoms with Gasteiger partial charge < -0.3 is 14.4 Å². The maximum absolute atomic E-state index is 6.69. The molecule has 4 aliphatic rings. The Kier molecular flexibility index (Phi) is 3.41. The first-order valence-corrected chi connectivity index (χ1v) is 10.5. The molecule has 0 unspecified atom stereocenters. The van der Waals surface area contributed by atoms with Crippen LogP contribution < -0.4 is 9.47 Å². The van der Waals surface area contributed by atoms with Crippen molar-refractivity contribution in [1.82, 2.24) is 4.90 Å². The summed E-state index contributed by atoms with van der Waals surface area (Å²) in [6, 6.07) is 15.6. The van der Waals surface area contributed by atoms with Crippen molar-refractivity contribution in [2.24, 2.45) is 5.92 Å². The Balaban J connectivity index is 1.43. The number of rotatable bonds is 3. The lowest BCUT2D eigenvalue weighted by atomic mass is 9.52. The summed E-state index contributed by atoms with van der Waals surface area (Å²) in [6.45, 7) is 1.79. The average molecular weight is 361 g/mol. The molecule has 1 spiro atoms. The Hall–Kier alpha value is -2.00. The second kappa shape index (κ2) is 5.75. The molecular formula is C24H27NO2. The van der Waals surface area contributed by atoms with Gasteiger partial charge in [0.2, 0.25) is 0 Å². The normalized spacial score (nSPS) is 33.3. The van der Waals surface area contributed by atoms with Gasteiger partial charge in [-0.1, -0.05) is 36.4 Å². The lowest BCUT2D eigenvalue weighted by Crippen LogP contribution is -2.63. The van der Waals surface area contributed by atoms with E-state index in [9.17, 15) is 0 Å². The maximum atomic E-state index is 6.69. The quantitative estimate of drug-likeness (QED) is 0.812. The van der Waals surface area contributed by atoms with Crippen molar-refractivity contribution < 1.29 is 9.47 Å². The molecule has 4 atom stereocenters. The first kappa shape index (κ1) is 16.0. The molecule has 0 amide bonds. The van der Waals surface area contributed by atoms with E-state index < -0.39 is 0 Å². The fourth-order valence-electron chi connectivity index (χ4n) is 6.55. The molecule has 0 aromatic heterocycles. The molecule has 3 heteroatoms. The van der Waals surface area contributed by atoms with Crippen molar-refractivity contribution in [2.45, 2.75) is 56.3 Å². The number of likely N-dealkylation sites (tertiary alicyclic amines) is 1. The van der Waals surface area contributed by atoms with Crippen LogP contribution in [0.5, 0.6) is 11.5 Å². The Bertz CT molecular complexity index is 879. The van der Waals surface area contributed by atoms with Crippen LogP contribution in [-0.2, 0) is 18.4 Å². The van der Waals surface area contributed by atoms with Gasteiger partial charge in [0.05, 0.1) is 0 Å². The third-order valence-corrected chi connectivity index (χ3v) is 7.73. The highest BCUT2D eigenvalue weighted by atomic mass is 16.5. The van der Waals surface area contributed by atoms with Gasteiger partial charge in [0.25, 0.3) is 0 Å². The van der Waals surface area contributed by atoms with Gasteiger partial charge in [0.15, 0.2) is 11.5 Å². The number of piperidine rings is 1. The van der Waals surface area contributed by atoms with E-state index in [2.05, 4.69) is 48.3 Å². The lowest BCUT2D eigenvalue weighted by Gasteiger charge is -2.57. The monoisotopic (exact) mass is 361 g/mol. The standard InChI is InChI=1S/C24H27NO2/c1-25-13-12-24-18-8-5-9-21(24)27-23-20(26-15-16-6-3-2-4-7-16)11-10-17(22(23)24)14-19(18)25/h2-4,6-7,10-11,18-19,21H,5,8-9,12-15H2,1H3/t18-,19+,21-,24+/m0/s1. The van der Waals surface area contributed by atoms with Gasteiger partial charge in [-0.2, -0.15) is 0 Å². The van der Waals surface area contributed by atoms with Crippen LogP contribution in [0.4, 0.5) is 0 Å². The Morgan fingerprint density at radius 1 is 1.15 bits per heavy atom. The zero-order chi connectivity index (χ0) is 18.0. The number of benzene rings is 2. The predicted octanol–water partition coefficient (Wildman–Crippen LogP) is 4.32. The molecule has 2 aromatic carbocycles. The highest BCUT2D eigenvalue weighted by molar-refractivity contribution is 5.61. The summed E-state index contributed by atoms with van der Waals surface area (Å²) in [7, 11) is 2.32. The molecule has 2 aliphatic heterocycles. The van der Waals surface area contributed by atoms with Gasteiger partial charge in [0, 0.05) is 17.0 Å². The van der Waals surface area contributed by atoms with E-state index in [1.165, 1.54) is 55.3 Å². The first-order valence-electron chi connectivity index (χ1n) is 10.5. The molecular weight excluding hydrogens is 334 g/mol. The number of nitrogens with zero attached hydrogens (tertiary/aromatic N) is 1. The summed E-state index contributed by atoms with van der Waals surface area (Å²) < 4.78 is 13.0. The van der Waals surface area contributed by atoms with E-state index in [-0.39, 0.29) is 5.41 Å². The zero-order valence-corrected chi connectivity index (χ0v) is 16.0. The molecule has 27 heavy (non-hydrogen) atoms. The Morgan fingerprint density at radius 2 is 2.04 bits per heavy atom. The highest BCUT2D eigenvalue weighted by Gasteiger charge is 2.63. The molecule has 2 fully saturated rings. The van der Waals surface area contributed by atoms with Crippen LogP contribution in [0.2, 0.25) is 0 Å². The van der Waals surface area contributed by atoms with Gasteiger partial charge in [-0.3, -0.25) is 0 Å². The molecule has 3 nitrogen and oxygen atoms in total. The maximum Gasteiger partial charge on any atom is 0.165 e. The van der Waals surface area contributed by atoms with E-state index >= 15 is 0 Å².